The number of likely N-dealkylation sites (N-methyl/N-ethyl adjacent to an activating group) is 1. The first-order valence-electron chi connectivity index (χ1n) is 8.47. The third-order valence-electron chi connectivity index (χ3n) is 4.43. The Labute approximate surface area is 151 Å². The molecule has 1 aromatic carbocycles. The van der Waals surface area contributed by atoms with Crippen molar-refractivity contribution in [2.24, 2.45) is 0 Å². The van der Waals surface area contributed by atoms with Gasteiger partial charge in [0.1, 0.15) is 5.75 Å². The van der Waals surface area contributed by atoms with Crippen molar-refractivity contribution in [3.63, 3.8) is 0 Å². The zero-order valence-corrected chi connectivity index (χ0v) is 15.2. The molecule has 136 valence electrons. The quantitative estimate of drug-likeness (QED) is 0.726. The van der Waals surface area contributed by atoms with Gasteiger partial charge in [-0.3, -0.25) is 9.69 Å². The molecule has 5 nitrogen and oxygen atoms in total. The van der Waals surface area contributed by atoms with E-state index < -0.39 is 5.97 Å². The number of para-hydroxylation sites is 1. The largest absolute Gasteiger partial charge is 0.494 e. The summed E-state index contributed by atoms with van der Waals surface area (Å²) in [6, 6.07) is 10.3. The third-order valence-corrected chi connectivity index (χ3v) is 4.43. The van der Waals surface area contributed by atoms with Crippen molar-refractivity contribution in [2.45, 2.75) is 31.7 Å². The molecule has 1 saturated heterocycles. The van der Waals surface area contributed by atoms with Crippen molar-refractivity contribution in [3.8, 4) is 5.75 Å². The minimum atomic E-state index is -0.744. The molecular weight excluding hydrogens is 328 g/mol. The zero-order chi connectivity index (χ0) is 16.5. The number of nitrogens with zero attached hydrogens (tertiary/aromatic N) is 2. The van der Waals surface area contributed by atoms with E-state index in [4.69, 9.17) is 9.84 Å². The van der Waals surface area contributed by atoms with Crippen LogP contribution in [0, 0.1) is 0 Å². The summed E-state index contributed by atoms with van der Waals surface area (Å²) < 4.78 is 5.73. The maximum absolute atomic E-state index is 10.8. The average Bonchev–Trinajstić information content (AvgIpc) is 2.78. The minimum Gasteiger partial charge on any atom is -0.494 e. The molecule has 0 bridgehead atoms. The third kappa shape index (κ3) is 7.51. The van der Waals surface area contributed by atoms with E-state index in [9.17, 15) is 4.79 Å². The van der Waals surface area contributed by atoms with Gasteiger partial charge in [0.2, 0.25) is 0 Å². The van der Waals surface area contributed by atoms with Crippen LogP contribution >= 0.6 is 12.4 Å². The van der Waals surface area contributed by atoms with Crippen LogP contribution in [0.5, 0.6) is 5.75 Å². The Hall–Kier alpha value is -1.30. The van der Waals surface area contributed by atoms with E-state index in [2.05, 4.69) is 4.90 Å². The highest BCUT2D eigenvalue weighted by Crippen LogP contribution is 2.16. The van der Waals surface area contributed by atoms with Crippen molar-refractivity contribution < 1.29 is 14.6 Å². The maximum Gasteiger partial charge on any atom is 0.317 e. The Kier molecular flexibility index (Phi) is 9.76. The number of hydrogen-bond donors (Lipinski definition) is 1. The SMILES string of the molecule is CN(CC(=O)O)C1CCCN(CCCOc2ccccc2)CC1.Cl. The first kappa shape index (κ1) is 20.7. The van der Waals surface area contributed by atoms with Crippen LogP contribution in [0.1, 0.15) is 25.7 Å². The molecule has 0 amide bonds. The van der Waals surface area contributed by atoms with Gasteiger partial charge in [0.25, 0.3) is 0 Å². The van der Waals surface area contributed by atoms with Crippen molar-refractivity contribution in [2.75, 3.05) is 39.8 Å². The normalized spacial score (nSPS) is 18.7. The van der Waals surface area contributed by atoms with Gasteiger partial charge in [0.15, 0.2) is 0 Å². The van der Waals surface area contributed by atoms with Gasteiger partial charge in [-0.05, 0) is 58.0 Å². The molecule has 24 heavy (non-hydrogen) atoms. The number of rotatable bonds is 8. The molecule has 6 heteroatoms. The van der Waals surface area contributed by atoms with Gasteiger partial charge >= 0.3 is 5.97 Å². The summed E-state index contributed by atoms with van der Waals surface area (Å²) >= 11 is 0. The molecule has 1 N–H and O–H groups in total. The Morgan fingerprint density at radius 2 is 2.04 bits per heavy atom. The molecular formula is C18H29ClN2O3. The van der Waals surface area contributed by atoms with Crippen LogP contribution in [0.3, 0.4) is 0 Å². The summed E-state index contributed by atoms with van der Waals surface area (Å²) in [7, 11) is 1.92. The fourth-order valence-corrected chi connectivity index (χ4v) is 3.14. The van der Waals surface area contributed by atoms with Crippen LogP contribution in [-0.4, -0.2) is 66.8 Å². The molecule has 1 fully saturated rings. The molecule has 1 unspecified atom stereocenters. The molecule has 0 aliphatic carbocycles. The highest BCUT2D eigenvalue weighted by Gasteiger charge is 2.21. The van der Waals surface area contributed by atoms with Gasteiger partial charge in [-0.1, -0.05) is 18.2 Å². The summed E-state index contributed by atoms with van der Waals surface area (Å²) in [5.74, 6) is 0.186. The first-order valence-corrected chi connectivity index (χ1v) is 8.47. The second kappa shape index (κ2) is 11.3. The van der Waals surface area contributed by atoms with Crippen molar-refractivity contribution in [1.29, 1.82) is 0 Å². The molecule has 0 aromatic heterocycles. The van der Waals surface area contributed by atoms with Crippen LogP contribution in [0.2, 0.25) is 0 Å². The molecule has 1 aliphatic heterocycles. The summed E-state index contributed by atoms with van der Waals surface area (Å²) in [6.07, 6.45) is 4.28. The Bertz CT molecular complexity index is 473. The van der Waals surface area contributed by atoms with E-state index in [0.29, 0.717) is 6.04 Å². The number of carboxylic acids is 1. The van der Waals surface area contributed by atoms with Gasteiger partial charge in [-0.25, -0.2) is 0 Å². The number of aliphatic carboxylic acids is 1. The lowest BCUT2D eigenvalue weighted by Crippen LogP contribution is -2.36. The Balaban J connectivity index is 0.00000288. The number of hydrogen-bond acceptors (Lipinski definition) is 4. The highest BCUT2D eigenvalue weighted by molar-refractivity contribution is 5.85. The van der Waals surface area contributed by atoms with Gasteiger partial charge in [-0.2, -0.15) is 0 Å². The Morgan fingerprint density at radius 1 is 1.29 bits per heavy atom. The van der Waals surface area contributed by atoms with Gasteiger partial charge in [0, 0.05) is 12.6 Å². The summed E-state index contributed by atoms with van der Waals surface area (Å²) in [4.78, 5) is 15.3. The van der Waals surface area contributed by atoms with Crippen molar-refractivity contribution in [3.05, 3.63) is 30.3 Å². The maximum atomic E-state index is 10.8. The first-order chi connectivity index (χ1) is 11.1. The van der Waals surface area contributed by atoms with Gasteiger partial charge < -0.3 is 14.7 Å². The second-order valence-electron chi connectivity index (χ2n) is 6.25. The number of benzene rings is 1. The fraction of sp³-hybridized carbons (Fsp3) is 0.611. The molecule has 0 radical (unpaired) electrons. The number of ether oxygens (including phenoxy) is 1. The zero-order valence-electron chi connectivity index (χ0n) is 14.4. The van der Waals surface area contributed by atoms with Gasteiger partial charge in [-0.15, -0.1) is 12.4 Å². The predicted molar refractivity (Wildman–Crippen MR) is 98.1 cm³/mol. The highest BCUT2D eigenvalue weighted by atomic mass is 35.5. The average molecular weight is 357 g/mol. The molecule has 1 aromatic rings. The van der Waals surface area contributed by atoms with Crippen LogP contribution in [0.4, 0.5) is 0 Å². The second-order valence-corrected chi connectivity index (χ2v) is 6.25. The van der Waals surface area contributed by atoms with E-state index in [1.165, 1.54) is 0 Å². The van der Waals surface area contributed by atoms with E-state index in [-0.39, 0.29) is 19.0 Å². The van der Waals surface area contributed by atoms with Gasteiger partial charge in [0.05, 0.1) is 13.2 Å². The fourth-order valence-electron chi connectivity index (χ4n) is 3.14. The van der Waals surface area contributed by atoms with Crippen molar-refractivity contribution in [1.82, 2.24) is 9.80 Å². The number of likely N-dealkylation sites (tertiary alicyclic amines) is 1. The summed E-state index contributed by atoms with van der Waals surface area (Å²) in [5.41, 5.74) is 0. The lowest BCUT2D eigenvalue weighted by molar-refractivity contribution is -0.138. The van der Waals surface area contributed by atoms with Crippen LogP contribution in [-0.2, 0) is 4.79 Å². The number of carbonyl (C=O) groups is 1. The van der Waals surface area contributed by atoms with E-state index in [0.717, 1.165) is 57.7 Å². The van der Waals surface area contributed by atoms with E-state index in [1.807, 2.05) is 42.3 Å². The number of halogens is 1. The van der Waals surface area contributed by atoms with Crippen LogP contribution in [0.25, 0.3) is 0 Å². The monoisotopic (exact) mass is 356 g/mol. The van der Waals surface area contributed by atoms with Crippen molar-refractivity contribution >= 4 is 18.4 Å². The molecule has 1 aliphatic rings. The molecule has 0 saturated carbocycles. The lowest BCUT2D eigenvalue weighted by atomic mass is 10.1. The summed E-state index contributed by atoms with van der Waals surface area (Å²) in [5, 5.41) is 8.91. The standard InChI is InChI=1S/C18H28N2O3.ClH/c1-19(15-18(21)22)16-7-5-11-20(13-10-16)12-6-14-23-17-8-3-2-4-9-17;/h2-4,8-9,16H,5-7,10-15H2,1H3,(H,21,22);1H. The molecule has 1 atom stereocenters. The minimum absolute atomic E-state index is 0. The molecule has 1 heterocycles. The topological polar surface area (TPSA) is 53.0 Å². The smallest absolute Gasteiger partial charge is 0.317 e. The predicted octanol–water partition coefficient (Wildman–Crippen LogP) is 2.75. The van der Waals surface area contributed by atoms with Crippen LogP contribution in [0.15, 0.2) is 30.3 Å². The Morgan fingerprint density at radius 3 is 2.75 bits per heavy atom. The molecule has 2 rings (SSSR count). The van der Waals surface area contributed by atoms with E-state index in [1.54, 1.807) is 0 Å². The van der Waals surface area contributed by atoms with Crippen LogP contribution < -0.4 is 4.74 Å². The number of carboxylic acid groups (broad SMARTS) is 1. The van der Waals surface area contributed by atoms with E-state index >= 15 is 0 Å². The summed E-state index contributed by atoms with van der Waals surface area (Å²) in [6.45, 7) is 4.06. The lowest BCUT2D eigenvalue weighted by Gasteiger charge is -2.25. The molecule has 0 spiro atoms.